The fourth-order valence-corrected chi connectivity index (χ4v) is 1.87. The Hall–Kier alpha value is -1.31. The third kappa shape index (κ3) is 2.20. The molecule has 0 bridgehead atoms. The standard InChI is InChI=1S/C13H18N2/c1-3-15(13(14)11-7-8-11)12-6-4-5-10(2)9-12/h4-6,9,11,14H,3,7-8H2,1-2H3. The molecule has 0 unspecified atom stereocenters. The van der Waals surface area contributed by atoms with Gasteiger partial charge in [0.2, 0.25) is 0 Å². The molecule has 0 aliphatic heterocycles. The van der Waals surface area contributed by atoms with Crippen molar-refractivity contribution in [3.05, 3.63) is 29.8 Å². The zero-order chi connectivity index (χ0) is 10.8. The molecule has 0 aromatic heterocycles. The van der Waals surface area contributed by atoms with E-state index in [4.69, 9.17) is 5.41 Å². The Labute approximate surface area is 91.4 Å². The molecule has 1 saturated carbocycles. The number of nitrogens with zero attached hydrogens (tertiary/aromatic N) is 1. The minimum Gasteiger partial charge on any atom is -0.330 e. The average Bonchev–Trinajstić information content (AvgIpc) is 3.02. The van der Waals surface area contributed by atoms with Crippen molar-refractivity contribution in [1.29, 1.82) is 5.41 Å². The Morgan fingerprint density at radius 2 is 2.20 bits per heavy atom. The van der Waals surface area contributed by atoms with Crippen LogP contribution < -0.4 is 4.90 Å². The molecule has 1 aliphatic carbocycles. The van der Waals surface area contributed by atoms with Crippen LogP contribution in [-0.2, 0) is 0 Å². The first-order chi connectivity index (χ1) is 7.22. The highest BCUT2D eigenvalue weighted by Gasteiger charge is 2.30. The number of anilines is 1. The minimum absolute atomic E-state index is 0.519. The Morgan fingerprint density at radius 1 is 1.47 bits per heavy atom. The number of hydrogen-bond acceptors (Lipinski definition) is 1. The normalized spacial score (nSPS) is 15.1. The molecule has 1 aromatic carbocycles. The van der Waals surface area contributed by atoms with Crippen LogP contribution in [0.25, 0.3) is 0 Å². The molecule has 80 valence electrons. The van der Waals surface area contributed by atoms with Crippen molar-refractivity contribution in [3.8, 4) is 0 Å². The summed E-state index contributed by atoms with van der Waals surface area (Å²) in [5.41, 5.74) is 2.42. The lowest BCUT2D eigenvalue weighted by atomic mass is 10.2. The Bertz CT molecular complexity index is 367. The van der Waals surface area contributed by atoms with Crippen molar-refractivity contribution >= 4 is 11.5 Å². The summed E-state index contributed by atoms with van der Waals surface area (Å²) in [6.07, 6.45) is 2.39. The van der Waals surface area contributed by atoms with Crippen molar-refractivity contribution in [2.75, 3.05) is 11.4 Å². The van der Waals surface area contributed by atoms with E-state index >= 15 is 0 Å². The SMILES string of the molecule is CCN(C(=N)C1CC1)c1cccc(C)c1. The summed E-state index contributed by atoms with van der Waals surface area (Å²) in [6, 6.07) is 8.40. The van der Waals surface area contributed by atoms with Gasteiger partial charge in [-0.1, -0.05) is 12.1 Å². The van der Waals surface area contributed by atoms with Gasteiger partial charge in [0.05, 0.1) is 0 Å². The van der Waals surface area contributed by atoms with Crippen molar-refractivity contribution in [3.63, 3.8) is 0 Å². The lowest BCUT2D eigenvalue weighted by Crippen LogP contribution is -2.31. The third-order valence-electron chi connectivity index (χ3n) is 2.88. The Kier molecular flexibility index (Phi) is 2.76. The first kappa shape index (κ1) is 10.2. The highest BCUT2D eigenvalue weighted by Crippen LogP contribution is 2.33. The van der Waals surface area contributed by atoms with Crippen molar-refractivity contribution in [2.24, 2.45) is 5.92 Å². The van der Waals surface area contributed by atoms with Crippen LogP contribution in [0.15, 0.2) is 24.3 Å². The van der Waals surface area contributed by atoms with E-state index in [-0.39, 0.29) is 0 Å². The second kappa shape index (κ2) is 4.05. The summed E-state index contributed by atoms with van der Waals surface area (Å²) in [4.78, 5) is 2.12. The average molecular weight is 202 g/mol. The number of amidine groups is 1. The fraction of sp³-hybridized carbons (Fsp3) is 0.462. The Morgan fingerprint density at radius 3 is 2.73 bits per heavy atom. The van der Waals surface area contributed by atoms with Crippen LogP contribution in [0.2, 0.25) is 0 Å². The number of rotatable bonds is 3. The summed E-state index contributed by atoms with van der Waals surface area (Å²) in [5.74, 6) is 1.31. The monoisotopic (exact) mass is 202 g/mol. The first-order valence-electron chi connectivity index (χ1n) is 5.65. The van der Waals surface area contributed by atoms with Gasteiger partial charge in [0.1, 0.15) is 5.84 Å². The second-order valence-electron chi connectivity index (χ2n) is 4.24. The molecule has 0 amide bonds. The molecule has 1 N–H and O–H groups in total. The van der Waals surface area contributed by atoms with Crippen LogP contribution in [0, 0.1) is 18.3 Å². The van der Waals surface area contributed by atoms with Gasteiger partial charge in [0, 0.05) is 18.2 Å². The van der Waals surface area contributed by atoms with Gasteiger partial charge in [-0.15, -0.1) is 0 Å². The smallest absolute Gasteiger partial charge is 0.103 e. The molecule has 15 heavy (non-hydrogen) atoms. The van der Waals surface area contributed by atoms with E-state index in [2.05, 4.69) is 43.0 Å². The van der Waals surface area contributed by atoms with Crippen LogP contribution in [0.1, 0.15) is 25.3 Å². The molecule has 2 rings (SSSR count). The van der Waals surface area contributed by atoms with Gasteiger partial charge < -0.3 is 4.90 Å². The molecule has 2 heteroatoms. The summed E-state index contributed by atoms with van der Waals surface area (Å²) in [6.45, 7) is 5.09. The molecular weight excluding hydrogens is 184 g/mol. The number of hydrogen-bond donors (Lipinski definition) is 1. The lowest BCUT2D eigenvalue weighted by molar-refractivity contribution is 0.979. The van der Waals surface area contributed by atoms with Gasteiger partial charge >= 0.3 is 0 Å². The molecule has 0 saturated heterocycles. The minimum atomic E-state index is 0.519. The maximum absolute atomic E-state index is 8.10. The van der Waals surface area contributed by atoms with Crippen LogP contribution >= 0.6 is 0 Å². The molecule has 1 fully saturated rings. The predicted molar refractivity (Wildman–Crippen MR) is 64.6 cm³/mol. The Balaban J connectivity index is 2.21. The molecule has 0 atom stereocenters. The molecule has 2 nitrogen and oxygen atoms in total. The highest BCUT2D eigenvalue weighted by atomic mass is 15.2. The van der Waals surface area contributed by atoms with Crippen molar-refractivity contribution in [2.45, 2.75) is 26.7 Å². The van der Waals surface area contributed by atoms with Gasteiger partial charge in [0.25, 0.3) is 0 Å². The van der Waals surface area contributed by atoms with Crippen LogP contribution in [-0.4, -0.2) is 12.4 Å². The van der Waals surface area contributed by atoms with Gasteiger partial charge in [-0.3, -0.25) is 5.41 Å². The summed E-state index contributed by atoms with van der Waals surface area (Å²) in [5, 5.41) is 8.10. The van der Waals surface area contributed by atoms with Gasteiger partial charge in [0.15, 0.2) is 0 Å². The van der Waals surface area contributed by atoms with E-state index in [1.165, 1.54) is 18.4 Å². The number of aryl methyl sites for hydroxylation is 1. The van der Waals surface area contributed by atoms with E-state index in [0.29, 0.717) is 5.92 Å². The topological polar surface area (TPSA) is 27.1 Å². The van der Waals surface area contributed by atoms with Crippen LogP contribution in [0.4, 0.5) is 5.69 Å². The summed E-state index contributed by atoms with van der Waals surface area (Å²) in [7, 11) is 0. The van der Waals surface area contributed by atoms with E-state index in [1.807, 2.05) is 0 Å². The molecule has 0 spiro atoms. The maximum atomic E-state index is 8.10. The van der Waals surface area contributed by atoms with E-state index in [9.17, 15) is 0 Å². The zero-order valence-electron chi connectivity index (χ0n) is 9.46. The largest absolute Gasteiger partial charge is 0.330 e. The summed E-state index contributed by atoms with van der Waals surface area (Å²) < 4.78 is 0. The molecular formula is C13H18N2. The predicted octanol–water partition coefficient (Wildman–Crippen LogP) is 3.21. The highest BCUT2D eigenvalue weighted by molar-refractivity contribution is 5.98. The van der Waals surface area contributed by atoms with Gasteiger partial charge in [-0.25, -0.2) is 0 Å². The maximum Gasteiger partial charge on any atom is 0.103 e. The number of nitrogens with one attached hydrogen (secondary N) is 1. The van der Waals surface area contributed by atoms with E-state index in [0.717, 1.165) is 18.1 Å². The van der Waals surface area contributed by atoms with Crippen molar-refractivity contribution in [1.82, 2.24) is 0 Å². The van der Waals surface area contributed by atoms with Crippen LogP contribution in [0.5, 0.6) is 0 Å². The first-order valence-corrected chi connectivity index (χ1v) is 5.65. The quantitative estimate of drug-likeness (QED) is 0.591. The molecule has 0 radical (unpaired) electrons. The van der Waals surface area contributed by atoms with E-state index < -0.39 is 0 Å². The number of benzene rings is 1. The van der Waals surface area contributed by atoms with E-state index in [1.54, 1.807) is 0 Å². The zero-order valence-corrected chi connectivity index (χ0v) is 9.46. The van der Waals surface area contributed by atoms with Crippen molar-refractivity contribution < 1.29 is 0 Å². The second-order valence-corrected chi connectivity index (χ2v) is 4.24. The third-order valence-corrected chi connectivity index (χ3v) is 2.88. The lowest BCUT2D eigenvalue weighted by Gasteiger charge is -2.24. The molecule has 1 aliphatic rings. The molecule has 1 aromatic rings. The van der Waals surface area contributed by atoms with Gasteiger partial charge in [-0.2, -0.15) is 0 Å². The van der Waals surface area contributed by atoms with Crippen LogP contribution in [0.3, 0.4) is 0 Å². The summed E-state index contributed by atoms with van der Waals surface area (Å²) >= 11 is 0. The van der Waals surface area contributed by atoms with Gasteiger partial charge in [-0.05, 0) is 44.4 Å². The molecule has 0 heterocycles. The fourth-order valence-electron chi connectivity index (χ4n) is 1.87.